The maximum atomic E-state index is 12.9. The third kappa shape index (κ3) is 4.37. The number of amides is 2. The standard InChI is InChI=1S/C25H24N2O5/c1-16-6-4-5-7-17(16)14-27-22-12-19(8-9-23(22)32-15-24(27)28)26-25(29)18-10-20(30-2)13-21(11-18)31-3/h4-13H,14-15H2,1-3H3,(H,26,29). The van der Waals surface area contributed by atoms with E-state index in [4.69, 9.17) is 14.2 Å². The highest BCUT2D eigenvalue weighted by Gasteiger charge is 2.26. The molecule has 0 unspecified atom stereocenters. The number of hydrogen-bond donors (Lipinski definition) is 1. The third-order valence-corrected chi connectivity index (χ3v) is 5.36. The molecule has 0 radical (unpaired) electrons. The number of carbonyl (C=O) groups is 2. The number of ether oxygens (including phenoxy) is 3. The molecule has 1 aliphatic rings. The van der Waals surface area contributed by atoms with E-state index in [2.05, 4.69) is 5.32 Å². The average Bonchev–Trinajstić information content (AvgIpc) is 2.81. The molecule has 0 aliphatic carbocycles. The summed E-state index contributed by atoms with van der Waals surface area (Å²) < 4.78 is 16.1. The van der Waals surface area contributed by atoms with Crippen molar-refractivity contribution in [2.45, 2.75) is 13.5 Å². The van der Waals surface area contributed by atoms with E-state index in [1.807, 2.05) is 31.2 Å². The Kier molecular flexibility index (Phi) is 5.98. The van der Waals surface area contributed by atoms with Gasteiger partial charge in [-0.05, 0) is 48.4 Å². The van der Waals surface area contributed by atoms with Crippen molar-refractivity contribution in [3.05, 3.63) is 77.4 Å². The number of aryl methyl sites for hydroxylation is 1. The van der Waals surface area contributed by atoms with Crippen molar-refractivity contribution < 1.29 is 23.8 Å². The van der Waals surface area contributed by atoms with Gasteiger partial charge in [-0.2, -0.15) is 0 Å². The van der Waals surface area contributed by atoms with Crippen LogP contribution in [0.2, 0.25) is 0 Å². The van der Waals surface area contributed by atoms with Crippen molar-refractivity contribution >= 4 is 23.2 Å². The van der Waals surface area contributed by atoms with Crippen LogP contribution in [0.25, 0.3) is 0 Å². The molecule has 0 spiro atoms. The molecule has 0 bridgehead atoms. The lowest BCUT2D eigenvalue weighted by Gasteiger charge is -2.30. The molecule has 0 saturated carbocycles. The Morgan fingerprint density at radius 3 is 2.44 bits per heavy atom. The van der Waals surface area contributed by atoms with Gasteiger partial charge >= 0.3 is 0 Å². The van der Waals surface area contributed by atoms with Crippen LogP contribution >= 0.6 is 0 Å². The summed E-state index contributed by atoms with van der Waals surface area (Å²) in [6.45, 7) is 2.42. The molecule has 3 aromatic carbocycles. The predicted octanol–water partition coefficient (Wildman–Crippen LogP) is 4.19. The minimum Gasteiger partial charge on any atom is -0.497 e. The van der Waals surface area contributed by atoms with E-state index in [1.54, 1.807) is 41.3 Å². The van der Waals surface area contributed by atoms with Crippen LogP contribution in [-0.2, 0) is 11.3 Å². The predicted molar refractivity (Wildman–Crippen MR) is 122 cm³/mol. The van der Waals surface area contributed by atoms with Gasteiger partial charge in [-0.15, -0.1) is 0 Å². The van der Waals surface area contributed by atoms with Crippen LogP contribution in [0.5, 0.6) is 17.2 Å². The summed E-state index contributed by atoms with van der Waals surface area (Å²) in [6.07, 6.45) is 0. The van der Waals surface area contributed by atoms with Gasteiger partial charge in [0.2, 0.25) is 0 Å². The average molecular weight is 432 g/mol. The molecule has 0 aromatic heterocycles. The van der Waals surface area contributed by atoms with Crippen molar-refractivity contribution in [2.24, 2.45) is 0 Å². The first-order chi connectivity index (χ1) is 15.5. The minimum atomic E-state index is -0.323. The van der Waals surface area contributed by atoms with Gasteiger partial charge in [0, 0.05) is 17.3 Å². The summed E-state index contributed by atoms with van der Waals surface area (Å²) in [6, 6.07) is 18.1. The summed E-state index contributed by atoms with van der Waals surface area (Å²) in [5.74, 6) is 1.17. The van der Waals surface area contributed by atoms with Gasteiger partial charge in [-0.1, -0.05) is 24.3 Å². The van der Waals surface area contributed by atoms with E-state index in [0.29, 0.717) is 40.7 Å². The molecule has 164 valence electrons. The fourth-order valence-electron chi connectivity index (χ4n) is 3.55. The molecular weight excluding hydrogens is 408 g/mol. The van der Waals surface area contributed by atoms with E-state index in [9.17, 15) is 9.59 Å². The highest BCUT2D eigenvalue weighted by Crippen LogP contribution is 2.36. The summed E-state index contributed by atoms with van der Waals surface area (Å²) in [5.41, 5.74) is 3.70. The molecule has 7 heteroatoms. The van der Waals surface area contributed by atoms with Gasteiger partial charge in [0.1, 0.15) is 17.2 Å². The largest absolute Gasteiger partial charge is 0.497 e. The van der Waals surface area contributed by atoms with Crippen molar-refractivity contribution in [3.63, 3.8) is 0 Å². The number of benzene rings is 3. The third-order valence-electron chi connectivity index (χ3n) is 5.36. The number of nitrogens with zero attached hydrogens (tertiary/aromatic N) is 1. The van der Waals surface area contributed by atoms with Gasteiger partial charge in [-0.3, -0.25) is 9.59 Å². The Balaban J connectivity index is 1.61. The van der Waals surface area contributed by atoms with Crippen LogP contribution in [0.1, 0.15) is 21.5 Å². The van der Waals surface area contributed by atoms with E-state index in [1.165, 1.54) is 14.2 Å². The molecule has 7 nitrogen and oxygen atoms in total. The van der Waals surface area contributed by atoms with E-state index >= 15 is 0 Å². The first-order valence-electron chi connectivity index (χ1n) is 10.1. The number of methoxy groups -OCH3 is 2. The molecule has 2 amide bonds. The zero-order chi connectivity index (χ0) is 22.7. The van der Waals surface area contributed by atoms with E-state index in [0.717, 1.165) is 11.1 Å². The zero-order valence-corrected chi connectivity index (χ0v) is 18.2. The van der Waals surface area contributed by atoms with Crippen molar-refractivity contribution in [2.75, 3.05) is 31.0 Å². The molecule has 1 heterocycles. The second-order valence-electron chi connectivity index (χ2n) is 7.43. The smallest absolute Gasteiger partial charge is 0.265 e. The van der Waals surface area contributed by atoms with E-state index in [-0.39, 0.29) is 18.4 Å². The molecule has 3 aromatic rings. The number of hydrogen-bond acceptors (Lipinski definition) is 5. The molecule has 0 saturated heterocycles. The Hall–Kier alpha value is -4.00. The van der Waals surface area contributed by atoms with Gasteiger partial charge in [0.25, 0.3) is 11.8 Å². The molecule has 0 atom stereocenters. The highest BCUT2D eigenvalue weighted by atomic mass is 16.5. The quantitative estimate of drug-likeness (QED) is 0.632. The lowest BCUT2D eigenvalue weighted by Crippen LogP contribution is -2.38. The summed E-state index contributed by atoms with van der Waals surface area (Å²) in [4.78, 5) is 27.2. The SMILES string of the molecule is COc1cc(OC)cc(C(=O)Nc2ccc3c(c2)N(Cc2ccccc2C)C(=O)CO3)c1. The van der Waals surface area contributed by atoms with Crippen LogP contribution in [0, 0.1) is 6.92 Å². The topological polar surface area (TPSA) is 77.1 Å². The maximum Gasteiger partial charge on any atom is 0.265 e. The van der Waals surface area contributed by atoms with Gasteiger partial charge in [-0.25, -0.2) is 0 Å². The molecular formula is C25H24N2O5. The Bertz CT molecular complexity index is 1150. The summed E-state index contributed by atoms with van der Waals surface area (Å²) in [7, 11) is 3.06. The monoisotopic (exact) mass is 432 g/mol. The van der Waals surface area contributed by atoms with Crippen molar-refractivity contribution in [3.8, 4) is 17.2 Å². The number of anilines is 2. The first-order valence-corrected chi connectivity index (χ1v) is 10.1. The number of rotatable bonds is 6. The van der Waals surface area contributed by atoms with Crippen molar-refractivity contribution in [1.82, 2.24) is 0 Å². The summed E-state index contributed by atoms with van der Waals surface area (Å²) in [5, 5.41) is 2.88. The van der Waals surface area contributed by atoms with Gasteiger partial charge in [0.05, 0.1) is 26.5 Å². The molecule has 1 aliphatic heterocycles. The maximum absolute atomic E-state index is 12.9. The van der Waals surface area contributed by atoms with E-state index < -0.39 is 0 Å². The van der Waals surface area contributed by atoms with Crippen LogP contribution in [-0.4, -0.2) is 32.6 Å². The van der Waals surface area contributed by atoms with Crippen LogP contribution in [0.15, 0.2) is 60.7 Å². The highest BCUT2D eigenvalue weighted by molar-refractivity contribution is 6.06. The number of carbonyl (C=O) groups excluding carboxylic acids is 2. The zero-order valence-electron chi connectivity index (χ0n) is 18.2. The Morgan fingerprint density at radius 2 is 1.75 bits per heavy atom. The molecule has 0 fully saturated rings. The molecule has 4 rings (SSSR count). The first kappa shape index (κ1) is 21.2. The molecule has 1 N–H and O–H groups in total. The van der Waals surface area contributed by atoms with Crippen LogP contribution in [0.3, 0.4) is 0 Å². The molecule has 32 heavy (non-hydrogen) atoms. The Morgan fingerprint density at radius 1 is 1.03 bits per heavy atom. The van der Waals surface area contributed by atoms with Crippen molar-refractivity contribution in [1.29, 1.82) is 0 Å². The Labute approximate surface area is 186 Å². The second-order valence-corrected chi connectivity index (χ2v) is 7.43. The fourth-order valence-corrected chi connectivity index (χ4v) is 3.55. The minimum absolute atomic E-state index is 0.0197. The van der Waals surface area contributed by atoms with Crippen LogP contribution < -0.4 is 24.4 Å². The fraction of sp³-hybridized carbons (Fsp3) is 0.200. The van der Waals surface area contributed by atoms with Gasteiger partial charge in [0.15, 0.2) is 6.61 Å². The van der Waals surface area contributed by atoms with Crippen LogP contribution in [0.4, 0.5) is 11.4 Å². The number of fused-ring (bicyclic) bond motifs is 1. The normalized spacial score (nSPS) is 12.6. The lowest BCUT2D eigenvalue weighted by molar-refractivity contribution is -0.121. The number of nitrogens with one attached hydrogen (secondary N) is 1. The van der Waals surface area contributed by atoms with Gasteiger partial charge < -0.3 is 24.4 Å². The second kappa shape index (κ2) is 9.01. The lowest BCUT2D eigenvalue weighted by atomic mass is 10.1. The summed E-state index contributed by atoms with van der Waals surface area (Å²) >= 11 is 0.